The Bertz CT molecular complexity index is 540. The molecule has 1 heterocycles. The molecule has 0 aliphatic carbocycles. The van der Waals surface area contributed by atoms with Crippen molar-refractivity contribution in [2.75, 3.05) is 13.1 Å². The number of rotatable bonds is 6. The van der Waals surface area contributed by atoms with Crippen LogP contribution in [0.3, 0.4) is 0 Å². The van der Waals surface area contributed by atoms with E-state index in [0.29, 0.717) is 5.92 Å². The summed E-state index contributed by atoms with van der Waals surface area (Å²) in [4.78, 5) is 26.0. The van der Waals surface area contributed by atoms with E-state index in [1.54, 1.807) is 18.7 Å². The molecular weight excluding hydrogens is 320 g/mol. The number of hydrogen-bond acceptors (Lipinski definition) is 3. The fourth-order valence-electron chi connectivity index (χ4n) is 3.02. The molecule has 1 fully saturated rings. The molecule has 1 aliphatic heterocycles. The van der Waals surface area contributed by atoms with Gasteiger partial charge in [0.05, 0.1) is 5.25 Å². The molecule has 0 unspecified atom stereocenters. The van der Waals surface area contributed by atoms with Gasteiger partial charge in [-0.3, -0.25) is 9.59 Å². The Balaban J connectivity index is 1.88. The highest BCUT2D eigenvalue weighted by atomic mass is 32.2. The fourth-order valence-corrected chi connectivity index (χ4v) is 4.26. The van der Waals surface area contributed by atoms with E-state index in [4.69, 9.17) is 0 Å². The summed E-state index contributed by atoms with van der Waals surface area (Å²) in [7, 11) is 0. The summed E-state index contributed by atoms with van der Waals surface area (Å²) >= 11 is 1.73. The second kappa shape index (κ2) is 9.11. The van der Waals surface area contributed by atoms with Crippen molar-refractivity contribution in [3.8, 4) is 0 Å². The Kier molecular flexibility index (Phi) is 7.16. The number of thioether (sulfide) groups is 1. The van der Waals surface area contributed by atoms with Crippen LogP contribution in [0.25, 0.3) is 0 Å². The molecule has 1 atom stereocenters. The average molecular weight is 349 g/mol. The molecule has 2 amide bonds. The molecule has 1 aromatic carbocycles. The molecule has 0 radical (unpaired) electrons. The second-order valence-corrected chi connectivity index (χ2v) is 7.89. The number of nitrogens with zero attached hydrogens (tertiary/aromatic N) is 1. The van der Waals surface area contributed by atoms with Crippen molar-refractivity contribution in [1.29, 1.82) is 0 Å². The minimum Gasteiger partial charge on any atom is -0.353 e. The number of benzene rings is 1. The molecule has 0 aromatic heterocycles. The van der Waals surface area contributed by atoms with Crippen LogP contribution in [0, 0.1) is 5.92 Å². The van der Waals surface area contributed by atoms with Gasteiger partial charge in [0.25, 0.3) is 0 Å². The number of carbonyl (C=O) groups excluding carboxylic acids is 2. The Morgan fingerprint density at radius 3 is 2.38 bits per heavy atom. The van der Waals surface area contributed by atoms with E-state index >= 15 is 0 Å². The summed E-state index contributed by atoms with van der Waals surface area (Å²) in [5.41, 5.74) is 1.25. The van der Waals surface area contributed by atoms with E-state index in [0.717, 1.165) is 31.7 Å². The van der Waals surface area contributed by atoms with E-state index in [1.165, 1.54) is 5.56 Å². The number of piperidine rings is 1. The third-order valence-electron chi connectivity index (χ3n) is 4.34. The molecule has 5 heteroatoms. The Labute approximate surface area is 149 Å². The predicted molar refractivity (Wildman–Crippen MR) is 99.8 cm³/mol. The van der Waals surface area contributed by atoms with Gasteiger partial charge in [-0.2, -0.15) is 0 Å². The van der Waals surface area contributed by atoms with E-state index < -0.39 is 0 Å². The molecule has 0 saturated carbocycles. The molecule has 1 aliphatic rings. The average Bonchev–Trinajstić information content (AvgIpc) is 2.55. The van der Waals surface area contributed by atoms with Gasteiger partial charge in [0, 0.05) is 31.8 Å². The lowest BCUT2D eigenvalue weighted by Crippen LogP contribution is -2.49. The van der Waals surface area contributed by atoms with Gasteiger partial charge in [-0.15, -0.1) is 11.8 Å². The Hall–Kier alpha value is -1.49. The second-order valence-electron chi connectivity index (χ2n) is 6.76. The molecule has 1 saturated heterocycles. The summed E-state index contributed by atoms with van der Waals surface area (Å²) < 4.78 is 0. The third-order valence-corrected chi connectivity index (χ3v) is 5.94. The molecule has 0 spiro atoms. The summed E-state index contributed by atoms with van der Waals surface area (Å²) in [6.45, 7) is 7.25. The Morgan fingerprint density at radius 2 is 1.83 bits per heavy atom. The molecule has 4 nitrogen and oxygen atoms in total. The summed E-state index contributed by atoms with van der Waals surface area (Å²) in [5.74, 6) is 1.42. The minimum absolute atomic E-state index is 0.0116. The quantitative estimate of drug-likeness (QED) is 0.859. The lowest BCUT2D eigenvalue weighted by molar-refractivity contribution is -0.132. The van der Waals surface area contributed by atoms with Crippen molar-refractivity contribution < 1.29 is 9.59 Å². The zero-order valence-electron chi connectivity index (χ0n) is 14.8. The van der Waals surface area contributed by atoms with E-state index in [-0.39, 0.29) is 23.1 Å². The van der Waals surface area contributed by atoms with Gasteiger partial charge in [-0.25, -0.2) is 0 Å². The predicted octanol–water partition coefficient (Wildman–Crippen LogP) is 3.07. The van der Waals surface area contributed by atoms with Crippen LogP contribution in [0.2, 0.25) is 0 Å². The zero-order chi connectivity index (χ0) is 17.5. The molecule has 132 valence electrons. The Morgan fingerprint density at radius 1 is 1.21 bits per heavy atom. The third kappa shape index (κ3) is 5.55. The first kappa shape index (κ1) is 18.8. The summed E-state index contributed by atoms with van der Waals surface area (Å²) in [5, 5.41) is 2.95. The van der Waals surface area contributed by atoms with E-state index in [1.807, 2.05) is 23.1 Å². The molecular formula is C19H28N2O2S. The molecule has 2 rings (SSSR count). The van der Waals surface area contributed by atoms with E-state index in [2.05, 4.69) is 31.3 Å². The number of amides is 2. The first-order valence-corrected chi connectivity index (χ1v) is 9.73. The van der Waals surface area contributed by atoms with Gasteiger partial charge < -0.3 is 10.2 Å². The van der Waals surface area contributed by atoms with Crippen molar-refractivity contribution in [3.05, 3.63) is 35.9 Å². The highest BCUT2D eigenvalue weighted by Gasteiger charge is 2.30. The van der Waals surface area contributed by atoms with Crippen molar-refractivity contribution in [2.45, 2.75) is 50.7 Å². The first-order valence-electron chi connectivity index (χ1n) is 8.68. The largest absolute Gasteiger partial charge is 0.353 e. The maximum absolute atomic E-state index is 12.9. The van der Waals surface area contributed by atoms with Crippen LogP contribution in [0.15, 0.2) is 30.3 Å². The van der Waals surface area contributed by atoms with Crippen molar-refractivity contribution in [3.63, 3.8) is 0 Å². The highest BCUT2D eigenvalue weighted by molar-refractivity contribution is 7.99. The molecule has 1 aromatic rings. The lowest BCUT2D eigenvalue weighted by Gasteiger charge is -2.35. The van der Waals surface area contributed by atoms with Gasteiger partial charge in [-0.1, -0.05) is 44.2 Å². The van der Waals surface area contributed by atoms with Crippen LogP contribution in [-0.2, 0) is 15.3 Å². The SMILES string of the molecule is CC(=O)NC1CCN(C(=O)[C@H](SCc2ccccc2)C(C)C)CC1. The number of nitrogens with one attached hydrogen (secondary N) is 1. The van der Waals surface area contributed by atoms with E-state index in [9.17, 15) is 9.59 Å². The standard InChI is InChI=1S/C19H28N2O2S/c1-14(2)18(24-13-16-7-5-4-6-8-16)19(23)21-11-9-17(10-12-21)20-15(3)22/h4-8,14,17-18H,9-13H2,1-3H3,(H,20,22)/t18-/m1/s1. The van der Waals surface area contributed by atoms with Gasteiger partial charge in [0.15, 0.2) is 0 Å². The number of likely N-dealkylation sites (tertiary alicyclic amines) is 1. The van der Waals surface area contributed by atoms with Gasteiger partial charge in [-0.05, 0) is 24.3 Å². The lowest BCUT2D eigenvalue weighted by atomic mass is 10.0. The van der Waals surface area contributed by atoms with Gasteiger partial charge in [0.2, 0.25) is 11.8 Å². The fraction of sp³-hybridized carbons (Fsp3) is 0.579. The van der Waals surface area contributed by atoms with Gasteiger partial charge >= 0.3 is 0 Å². The summed E-state index contributed by atoms with van der Waals surface area (Å²) in [6, 6.07) is 10.5. The van der Waals surface area contributed by atoms with Crippen LogP contribution in [-0.4, -0.2) is 41.1 Å². The van der Waals surface area contributed by atoms with Crippen LogP contribution >= 0.6 is 11.8 Å². The highest BCUT2D eigenvalue weighted by Crippen LogP contribution is 2.27. The van der Waals surface area contributed by atoms with Gasteiger partial charge in [0.1, 0.15) is 0 Å². The number of hydrogen-bond donors (Lipinski definition) is 1. The van der Waals surface area contributed by atoms with Crippen LogP contribution in [0.5, 0.6) is 0 Å². The first-order chi connectivity index (χ1) is 11.5. The van der Waals surface area contributed by atoms with Crippen LogP contribution < -0.4 is 5.32 Å². The summed E-state index contributed by atoms with van der Waals surface area (Å²) in [6.07, 6.45) is 1.69. The maximum Gasteiger partial charge on any atom is 0.235 e. The van der Waals surface area contributed by atoms with Crippen molar-refractivity contribution >= 4 is 23.6 Å². The van der Waals surface area contributed by atoms with Crippen molar-refractivity contribution in [1.82, 2.24) is 10.2 Å². The van der Waals surface area contributed by atoms with Crippen LogP contribution in [0.1, 0.15) is 39.2 Å². The maximum atomic E-state index is 12.9. The zero-order valence-corrected chi connectivity index (χ0v) is 15.6. The smallest absolute Gasteiger partial charge is 0.235 e. The molecule has 24 heavy (non-hydrogen) atoms. The number of carbonyl (C=O) groups is 2. The van der Waals surface area contributed by atoms with Crippen LogP contribution in [0.4, 0.5) is 0 Å². The normalized spacial score (nSPS) is 16.9. The monoisotopic (exact) mass is 348 g/mol. The molecule has 0 bridgehead atoms. The molecule has 1 N–H and O–H groups in total. The topological polar surface area (TPSA) is 49.4 Å². The van der Waals surface area contributed by atoms with Crippen molar-refractivity contribution in [2.24, 2.45) is 5.92 Å². The minimum atomic E-state index is -0.0116.